The van der Waals surface area contributed by atoms with Crippen LogP contribution in [0.5, 0.6) is 5.75 Å². The van der Waals surface area contributed by atoms with Crippen LogP contribution in [0.15, 0.2) is 66.7 Å². The van der Waals surface area contributed by atoms with Crippen LogP contribution >= 0.6 is 0 Å². The second kappa shape index (κ2) is 10.7. The van der Waals surface area contributed by atoms with Crippen LogP contribution in [-0.2, 0) is 34.0 Å². The van der Waals surface area contributed by atoms with Crippen molar-refractivity contribution in [2.24, 2.45) is 5.73 Å². The summed E-state index contributed by atoms with van der Waals surface area (Å²) in [5, 5.41) is 8.44. The van der Waals surface area contributed by atoms with Gasteiger partial charge in [-0.05, 0) is 41.8 Å². The van der Waals surface area contributed by atoms with Crippen LogP contribution in [0, 0.1) is 0 Å². The monoisotopic (exact) mass is 513 g/mol. The van der Waals surface area contributed by atoms with Gasteiger partial charge in [0.2, 0.25) is 5.91 Å². The number of nitrogens with zero attached hydrogens (tertiary/aromatic N) is 4. The predicted molar refractivity (Wildman–Crippen MR) is 138 cm³/mol. The van der Waals surface area contributed by atoms with Gasteiger partial charge in [0, 0.05) is 17.5 Å². The minimum Gasteiger partial charge on any atom is -0.489 e. The summed E-state index contributed by atoms with van der Waals surface area (Å²) in [6.07, 6.45) is 0.0748. The fourth-order valence-electron chi connectivity index (χ4n) is 4.63. The number of hydrogen-bond acceptors (Lipinski definition) is 7. The maximum Gasteiger partial charge on any atom is 0.305 e. The van der Waals surface area contributed by atoms with Gasteiger partial charge in [0.25, 0.3) is 5.91 Å². The molecule has 0 fully saturated rings. The van der Waals surface area contributed by atoms with Gasteiger partial charge in [0.15, 0.2) is 0 Å². The molecule has 2 amide bonds. The Hall–Kier alpha value is -4.73. The lowest BCUT2D eigenvalue weighted by atomic mass is 10.1. The standard InChI is InChI=1S/C28H27N5O5/c1-37-26(34)14-13-24(27(29)35)32-16-21-20(28(32)36)5-4-8-25(21)38-17-19-11-9-18(10-12-19)15-33-23-7-3-2-6-22(23)30-31-33/h2-12,24H,13-17H2,1H3,(H2,29,35). The molecule has 0 saturated heterocycles. The molecule has 194 valence electrons. The van der Waals surface area contributed by atoms with E-state index in [1.807, 2.05) is 53.2 Å². The molecule has 1 unspecified atom stereocenters. The number of ether oxygens (including phenoxy) is 2. The van der Waals surface area contributed by atoms with Gasteiger partial charge in [-0.3, -0.25) is 14.4 Å². The number of nitrogens with two attached hydrogens (primary N) is 1. The Labute approximate surface area is 218 Å². The van der Waals surface area contributed by atoms with Gasteiger partial charge in [-0.1, -0.05) is 47.7 Å². The number of fused-ring (bicyclic) bond motifs is 2. The zero-order valence-electron chi connectivity index (χ0n) is 20.9. The highest BCUT2D eigenvalue weighted by molar-refractivity contribution is 6.01. The highest BCUT2D eigenvalue weighted by atomic mass is 16.5. The van der Waals surface area contributed by atoms with Crippen LogP contribution in [0.1, 0.15) is 39.9 Å². The molecule has 2 N–H and O–H groups in total. The Kier molecular flexibility index (Phi) is 7.03. The molecule has 10 heteroatoms. The van der Waals surface area contributed by atoms with Crippen LogP contribution in [0.4, 0.5) is 0 Å². The molecule has 3 aromatic carbocycles. The van der Waals surface area contributed by atoms with Gasteiger partial charge in [-0.25, -0.2) is 4.68 Å². The first-order valence-electron chi connectivity index (χ1n) is 12.2. The van der Waals surface area contributed by atoms with Crippen LogP contribution in [0.25, 0.3) is 11.0 Å². The maximum absolute atomic E-state index is 13.1. The van der Waals surface area contributed by atoms with E-state index in [1.165, 1.54) is 12.0 Å². The third-order valence-corrected chi connectivity index (χ3v) is 6.68. The number of esters is 1. The van der Waals surface area contributed by atoms with E-state index < -0.39 is 17.9 Å². The van der Waals surface area contributed by atoms with Crippen molar-refractivity contribution in [2.45, 2.75) is 38.6 Å². The first-order valence-corrected chi connectivity index (χ1v) is 12.2. The first kappa shape index (κ1) is 24.9. The Morgan fingerprint density at radius 2 is 1.79 bits per heavy atom. The number of rotatable bonds is 10. The molecule has 1 aliphatic rings. The van der Waals surface area contributed by atoms with E-state index >= 15 is 0 Å². The van der Waals surface area contributed by atoms with E-state index in [-0.39, 0.29) is 25.3 Å². The average Bonchev–Trinajstić information content (AvgIpc) is 3.49. The van der Waals surface area contributed by atoms with Crippen LogP contribution < -0.4 is 10.5 Å². The Balaban J connectivity index is 1.25. The van der Waals surface area contributed by atoms with Gasteiger partial charge < -0.3 is 20.1 Å². The number of amides is 2. The number of benzene rings is 3. The number of para-hydroxylation sites is 1. The summed E-state index contributed by atoms with van der Waals surface area (Å²) in [5.41, 5.74) is 10.6. The molecule has 1 aromatic heterocycles. The number of hydrogen-bond donors (Lipinski definition) is 1. The van der Waals surface area contributed by atoms with Crippen LogP contribution in [0.2, 0.25) is 0 Å². The van der Waals surface area contributed by atoms with Crippen LogP contribution in [-0.4, -0.2) is 50.8 Å². The molecule has 0 saturated carbocycles. The fraction of sp³-hybridized carbons (Fsp3) is 0.250. The Morgan fingerprint density at radius 1 is 1.03 bits per heavy atom. The largest absolute Gasteiger partial charge is 0.489 e. The fourth-order valence-corrected chi connectivity index (χ4v) is 4.63. The van der Waals surface area contributed by atoms with Crippen molar-refractivity contribution in [3.63, 3.8) is 0 Å². The van der Waals surface area contributed by atoms with E-state index in [9.17, 15) is 14.4 Å². The second-order valence-electron chi connectivity index (χ2n) is 9.09. The third kappa shape index (κ3) is 5.06. The lowest BCUT2D eigenvalue weighted by Crippen LogP contribution is -2.45. The van der Waals surface area contributed by atoms with Gasteiger partial charge in [0.1, 0.15) is 23.9 Å². The number of carbonyl (C=O) groups excluding carboxylic acids is 3. The predicted octanol–water partition coefficient (Wildman–Crippen LogP) is 2.82. The molecule has 5 rings (SSSR count). The Morgan fingerprint density at radius 3 is 2.55 bits per heavy atom. The average molecular weight is 514 g/mol. The molecule has 4 aromatic rings. The molecule has 1 aliphatic heterocycles. The lowest BCUT2D eigenvalue weighted by Gasteiger charge is -2.24. The first-order chi connectivity index (χ1) is 18.4. The minimum atomic E-state index is -0.920. The number of aromatic nitrogens is 3. The molecule has 0 spiro atoms. The quantitative estimate of drug-likeness (QED) is 0.323. The van der Waals surface area contributed by atoms with Crippen molar-refractivity contribution in [2.75, 3.05) is 7.11 Å². The lowest BCUT2D eigenvalue weighted by molar-refractivity contribution is -0.141. The van der Waals surface area contributed by atoms with Gasteiger partial charge in [0.05, 0.1) is 25.7 Å². The van der Waals surface area contributed by atoms with E-state index in [1.54, 1.807) is 18.2 Å². The highest BCUT2D eigenvalue weighted by Crippen LogP contribution is 2.33. The van der Waals surface area contributed by atoms with E-state index in [0.29, 0.717) is 30.0 Å². The molecule has 0 radical (unpaired) electrons. The summed E-state index contributed by atoms with van der Waals surface area (Å²) in [7, 11) is 1.27. The summed E-state index contributed by atoms with van der Waals surface area (Å²) in [5.74, 6) is -0.890. The van der Waals surface area contributed by atoms with Crippen molar-refractivity contribution >= 4 is 28.8 Å². The molecular formula is C28H27N5O5. The van der Waals surface area contributed by atoms with E-state index in [0.717, 1.165) is 22.2 Å². The molecule has 10 nitrogen and oxygen atoms in total. The summed E-state index contributed by atoms with van der Waals surface area (Å²) < 4.78 is 12.6. The summed E-state index contributed by atoms with van der Waals surface area (Å²) in [4.78, 5) is 38.1. The van der Waals surface area contributed by atoms with E-state index in [2.05, 4.69) is 15.0 Å². The van der Waals surface area contributed by atoms with E-state index in [4.69, 9.17) is 10.5 Å². The Bertz CT molecular complexity index is 1500. The van der Waals surface area contributed by atoms with Gasteiger partial charge in [-0.2, -0.15) is 0 Å². The molecular weight excluding hydrogens is 486 g/mol. The van der Waals surface area contributed by atoms with Crippen molar-refractivity contribution in [3.8, 4) is 5.75 Å². The molecule has 0 bridgehead atoms. The van der Waals surface area contributed by atoms with Gasteiger partial charge >= 0.3 is 5.97 Å². The zero-order valence-corrected chi connectivity index (χ0v) is 20.9. The van der Waals surface area contributed by atoms with Gasteiger partial charge in [-0.15, -0.1) is 5.10 Å². The summed E-state index contributed by atoms with van der Waals surface area (Å²) in [6, 6.07) is 20.2. The van der Waals surface area contributed by atoms with Crippen molar-refractivity contribution in [1.82, 2.24) is 19.9 Å². The van der Waals surface area contributed by atoms with Crippen LogP contribution in [0.3, 0.4) is 0 Å². The summed E-state index contributed by atoms with van der Waals surface area (Å²) in [6.45, 7) is 1.07. The van der Waals surface area contributed by atoms with Crippen molar-refractivity contribution < 1.29 is 23.9 Å². The summed E-state index contributed by atoms with van der Waals surface area (Å²) >= 11 is 0. The zero-order chi connectivity index (χ0) is 26.6. The normalized spacial score (nSPS) is 13.4. The maximum atomic E-state index is 13.1. The topological polar surface area (TPSA) is 130 Å². The van der Waals surface area contributed by atoms with Crippen molar-refractivity contribution in [3.05, 3.63) is 89.0 Å². The second-order valence-corrected chi connectivity index (χ2v) is 9.09. The number of carbonyl (C=O) groups is 3. The van der Waals surface area contributed by atoms with Crippen molar-refractivity contribution in [1.29, 1.82) is 0 Å². The molecule has 38 heavy (non-hydrogen) atoms. The molecule has 0 aliphatic carbocycles. The highest BCUT2D eigenvalue weighted by Gasteiger charge is 2.37. The molecule has 2 heterocycles. The number of primary amides is 1. The third-order valence-electron chi connectivity index (χ3n) is 6.68. The number of methoxy groups -OCH3 is 1. The molecule has 1 atom stereocenters. The smallest absolute Gasteiger partial charge is 0.305 e. The minimum absolute atomic E-state index is 0.0171. The SMILES string of the molecule is COC(=O)CCC(C(N)=O)N1Cc2c(OCc3ccc(Cn4nnc5ccccc54)cc3)cccc2C1=O.